The number of hydrogen-bond acceptors (Lipinski definition) is 5. The van der Waals surface area contributed by atoms with Gasteiger partial charge in [0.05, 0.1) is 23.0 Å². The van der Waals surface area contributed by atoms with Crippen LogP contribution in [-0.2, 0) is 15.7 Å². The monoisotopic (exact) mass is 274 g/mol. The van der Waals surface area contributed by atoms with Gasteiger partial charge in [-0.05, 0) is 33.8 Å². The topological polar surface area (TPSA) is 75.4 Å². The van der Waals surface area contributed by atoms with E-state index in [0.29, 0.717) is 24.0 Å². The molecule has 106 valence electrons. The number of aromatic nitrogens is 1. The van der Waals surface area contributed by atoms with Crippen LogP contribution in [0.2, 0.25) is 0 Å². The zero-order valence-electron chi connectivity index (χ0n) is 12.3. The Balaban J connectivity index is 2.29. The van der Waals surface area contributed by atoms with E-state index in [-0.39, 0.29) is 5.75 Å². The van der Waals surface area contributed by atoms with Gasteiger partial charge < -0.3 is 14.4 Å². The van der Waals surface area contributed by atoms with E-state index in [1.807, 2.05) is 33.8 Å². The fourth-order valence-electron chi connectivity index (χ4n) is 2.03. The maximum absolute atomic E-state index is 10.3. The quantitative estimate of drug-likeness (QED) is 0.846. The highest BCUT2D eigenvalue weighted by Crippen LogP contribution is 2.37. The van der Waals surface area contributed by atoms with Gasteiger partial charge in [0, 0.05) is 24.5 Å². The Morgan fingerprint density at radius 3 is 2.45 bits per heavy atom. The lowest BCUT2D eigenvalue weighted by molar-refractivity contribution is 0.00578. The summed E-state index contributed by atoms with van der Waals surface area (Å²) in [6.45, 7) is 7.84. The molecule has 1 aliphatic heterocycles. The van der Waals surface area contributed by atoms with Crippen molar-refractivity contribution < 1.29 is 14.4 Å². The van der Waals surface area contributed by atoms with Gasteiger partial charge in [-0.25, -0.2) is 0 Å². The minimum atomic E-state index is -0.621. The van der Waals surface area contributed by atoms with E-state index in [0.717, 1.165) is 0 Å². The standard InChI is InChI=1S/C14H19BN2O3/c1-13(2)14(3,4)20-15(19-13)10-7-9-17-11(12(10)18)6-5-8-16/h7,9,18H,5-6H2,1-4H3. The Hall–Kier alpha value is -1.58. The maximum Gasteiger partial charge on any atom is 0.498 e. The van der Waals surface area contributed by atoms with Gasteiger partial charge in [-0.15, -0.1) is 0 Å². The van der Waals surface area contributed by atoms with Gasteiger partial charge in [0.25, 0.3) is 0 Å². The molecule has 2 heterocycles. The summed E-state index contributed by atoms with van der Waals surface area (Å²) in [4.78, 5) is 4.11. The maximum atomic E-state index is 10.3. The summed E-state index contributed by atoms with van der Waals surface area (Å²) in [5.74, 6) is 0.0567. The Bertz CT molecular complexity index is 536. The third-order valence-electron chi connectivity index (χ3n) is 4.01. The first-order valence-corrected chi connectivity index (χ1v) is 6.68. The van der Waals surface area contributed by atoms with Crippen molar-refractivity contribution in [2.45, 2.75) is 51.7 Å². The third-order valence-corrected chi connectivity index (χ3v) is 4.01. The van der Waals surface area contributed by atoms with E-state index < -0.39 is 18.3 Å². The summed E-state index contributed by atoms with van der Waals surface area (Å²) in [6, 6.07) is 3.73. The van der Waals surface area contributed by atoms with Gasteiger partial charge in [0.2, 0.25) is 0 Å². The van der Waals surface area contributed by atoms with Crippen LogP contribution in [0, 0.1) is 11.3 Å². The molecule has 1 fully saturated rings. The molecule has 0 amide bonds. The normalized spacial score (nSPS) is 19.9. The summed E-state index contributed by atoms with van der Waals surface area (Å²) in [5.41, 5.74) is 0.144. The fourth-order valence-corrected chi connectivity index (χ4v) is 2.03. The molecule has 0 unspecified atom stereocenters. The molecule has 1 aromatic rings. The average Bonchev–Trinajstić information content (AvgIpc) is 2.57. The van der Waals surface area contributed by atoms with Crippen molar-refractivity contribution in [2.75, 3.05) is 0 Å². The highest BCUT2D eigenvalue weighted by Gasteiger charge is 2.52. The molecule has 20 heavy (non-hydrogen) atoms. The predicted molar refractivity (Wildman–Crippen MR) is 75.6 cm³/mol. The summed E-state index contributed by atoms with van der Waals surface area (Å²) >= 11 is 0. The highest BCUT2D eigenvalue weighted by molar-refractivity contribution is 6.63. The van der Waals surface area contributed by atoms with Crippen molar-refractivity contribution >= 4 is 12.6 Å². The molecule has 0 bridgehead atoms. The van der Waals surface area contributed by atoms with Crippen LogP contribution in [0.15, 0.2) is 12.3 Å². The van der Waals surface area contributed by atoms with Gasteiger partial charge in [-0.1, -0.05) is 0 Å². The number of nitrogens with zero attached hydrogens (tertiary/aromatic N) is 2. The van der Waals surface area contributed by atoms with E-state index in [1.165, 1.54) is 0 Å². The van der Waals surface area contributed by atoms with Crippen molar-refractivity contribution in [1.82, 2.24) is 4.98 Å². The second kappa shape index (κ2) is 5.08. The van der Waals surface area contributed by atoms with Crippen LogP contribution in [0.1, 0.15) is 39.8 Å². The van der Waals surface area contributed by atoms with Gasteiger partial charge in [0.1, 0.15) is 5.75 Å². The van der Waals surface area contributed by atoms with E-state index >= 15 is 0 Å². The molecule has 1 N–H and O–H groups in total. The first kappa shape index (κ1) is 14.8. The number of rotatable bonds is 3. The summed E-state index contributed by atoms with van der Waals surface area (Å²) in [7, 11) is -0.621. The number of hydrogen-bond donors (Lipinski definition) is 1. The molecule has 1 aromatic heterocycles. The summed E-state index contributed by atoms with van der Waals surface area (Å²) in [5, 5.41) is 18.9. The lowest BCUT2D eigenvalue weighted by atomic mass is 9.78. The van der Waals surface area contributed by atoms with Gasteiger partial charge in [-0.2, -0.15) is 5.26 Å². The Kier molecular flexibility index (Phi) is 3.76. The van der Waals surface area contributed by atoms with E-state index in [9.17, 15) is 5.11 Å². The number of nitriles is 1. The average molecular weight is 274 g/mol. The van der Waals surface area contributed by atoms with Crippen LogP contribution in [0.5, 0.6) is 5.75 Å². The molecule has 1 aliphatic rings. The van der Waals surface area contributed by atoms with Crippen LogP contribution in [0.4, 0.5) is 0 Å². The molecule has 2 rings (SSSR count). The molecule has 5 nitrogen and oxygen atoms in total. The van der Waals surface area contributed by atoms with Crippen LogP contribution < -0.4 is 5.46 Å². The fraction of sp³-hybridized carbons (Fsp3) is 0.571. The first-order chi connectivity index (χ1) is 9.28. The second-order valence-corrected chi connectivity index (χ2v) is 5.94. The number of aryl methyl sites for hydroxylation is 1. The van der Waals surface area contributed by atoms with Crippen LogP contribution in [0.3, 0.4) is 0 Å². The summed E-state index contributed by atoms with van der Waals surface area (Å²) in [6.07, 6.45) is 2.33. The SMILES string of the molecule is CC1(C)OB(c2ccnc(CCC#N)c2O)OC1(C)C. The molecular formula is C14H19BN2O3. The smallest absolute Gasteiger partial charge is 0.498 e. The largest absolute Gasteiger partial charge is 0.506 e. The van der Waals surface area contributed by atoms with Crippen molar-refractivity contribution in [1.29, 1.82) is 5.26 Å². The zero-order chi connectivity index (χ0) is 15.0. The van der Waals surface area contributed by atoms with Crippen LogP contribution >= 0.6 is 0 Å². The number of aromatic hydroxyl groups is 1. The minimum Gasteiger partial charge on any atom is -0.506 e. The highest BCUT2D eigenvalue weighted by atomic mass is 16.7. The van der Waals surface area contributed by atoms with E-state index in [1.54, 1.807) is 12.3 Å². The molecule has 1 saturated heterocycles. The molecule has 0 aromatic carbocycles. The van der Waals surface area contributed by atoms with Crippen molar-refractivity contribution in [3.8, 4) is 11.8 Å². The molecule has 6 heteroatoms. The predicted octanol–water partition coefficient (Wildman–Crippen LogP) is 1.54. The lowest BCUT2D eigenvalue weighted by Crippen LogP contribution is -2.41. The Morgan fingerprint density at radius 2 is 1.90 bits per heavy atom. The zero-order valence-corrected chi connectivity index (χ0v) is 12.3. The lowest BCUT2D eigenvalue weighted by Gasteiger charge is -2.32. The van der Waals surface area contributed by atoms with Crippen LogP contribution in [-0.4, -0.2) is 28.4 Å². The molecule has 0 radical (unpaired) electrons. The van der Waals surface area contributed by atoms with Crippen LogP contribution in [0.25, 0.3) is 0 Å². The molecule has 0 spiro atoms. The molecule has 0 atom stereocenters. The molecule has 0 saturated carbocycles. The van der Waals surface area contributed by atoms with E-state index in [2.05, 4.69) is 4.98 Å². The van der Waals surface area contributed by atoms with Gasteiger partial charge in [-0.3, -0.25) is 4.98 Å². The minimum absolute atomic E-state index is 0.0567. The van der Waals surface area contributed by atoms with Crippen molar-refractivity contribution in [3.05, 3.63) is 18.0 Å². The molecule has 0 aliphatic carbocycles. The summed E-state index contributed by atoms with van der Waals surface area (Å²) < 4.78 is 11.8. The second-order valence-electron chi connectivity index (χ2n) is 5.94. The van der Waals surface area contributed by atoms with E-state index in [4.69, 9.17) is 14.6 Å². The Morgan fingerprint density at radius 1 is 1.30 bits per heavy atom. The van der Waals surface area contributed by atoms with Gasteiger partial charge in [0.15, 0.2) is 0 Å². The van der Waals surface area contributed by atoms with Gasteiger partial charge >= 0.3 is 7.12 Å². The van der Waals surface area contributed by atoms with Crippen molar-refractivity contribution in [2.24, 2.45) is 0 Å². The first-order valence-electron chi connectivity index (χ1n) is 6.68. The Labute approximate surface area is 119 Å². The molecular weight excluding hydrogens is 255 g/mol. The third kappa shape index (κ3) is 2.51. The number of pyridine rings is 1. The van der Waals surface area contributed by atoms with Crippen molar-refractivity contribution in [3.63, 3.8) is 0 Å².